The third-order valence-corrected chi connectivity index (χ3v) is 5.95. The van der Waals surface area contributed by atoms with Gasteiger partial charge in [0.15, 0.2) is 0 Å². The molecule has 0 spiro atoms. The van der Waals surface area contributed by atoms with E-state index in [0.717, 1.165) is 43.3 Å². The third-order valence-electron chi connectivity index (χ3n) is 5.95. The lowest BCUT2D eigenvalue weighted by atomic mass is 9.95. The lowest BCUT2D eigenvalue weighted by Crippen LogP contribution is -2.33. The first-order chi connectivity index (χ1) is 13.7. The van der Waals surface area contributed by atoms with Crippen molar-refractivity contribution in [2.45, 2.75) is 76.5 Å². The van der Waals surface area contributed by atoms with Crippen molar-refractivity contribution >= 4 is 22.9 Å². The second-order valence-corrected chi connectivity index (χ2v) is 8.04. The maximum absolute atomic E-state index is 12.8. The number of carbonyl (C=O) groups excluding carboxylic acids is 1. The molecule has 28 heavy (non-hydrogen) atoms. The van der Waals surface area contributed by atoms with Gasteiger partial charge in [-0.3, -0.25) is 10.1 Å². The van der Waals surface area contributed by atoms with Crippen LogP contribution in [0.5, 0.6) is 0 Å². The van der Waals surface area contributed by atoms with Crippen LogP contribution in [0.4, 0.5) is 5.95 Å². The highest BCUT2D eigenvalue weighted by Gasteiger charge is 2.24. The predicted molar refractivity (Wildman–Crippen MR) is 109 cm³/mol. The molecule has 152 valence electrons. The van der Waals surface area contributed by atoms with Crippen molar-refractivity contribution in [2.24, 2.45) is 0 Å². The molecule has 1 saturated carbocycles. The van der Waals surface area contributed by atoms with Gasteiger partial charge >= 0.3 is 0 Å². The second kappa shape index (κ2) is 9.05. The Morgan fingerprint density at radius 3 is 2.79 bits per heavy atom. The van der Waals surface area contributed by atoms with Gasteiger partial charge in [0.05, 0.1) is 23.7 Å². The molecule has 0 radical (unpaired) electrons. The second-order valence-electron chi connectivity index (χ2n) is 8.04. The van der Waals surface area contributed by atoms with E-state index in [1.165, 1.54) is 25.7 Å². The Balaban J connectivity index is 1.46. The monoisotopic (exact) mass is 385 g/mol. The molecule has 1 saturated heterocycles. The Hall–Kier alpha value is -1.92. The number of anilines is 1. The lowest BCUT2D eigenvalue weighted by Gasteiger charge is -2.26. The van der Waals surface area contributed by atoms with E-state index in [4.69, 9.17) is 14.5 Å². The first-order valence-corrected chi connectivity index (χ1v) is 10.7. The molecule has 1 aromatic heterocycles. The van der Waals surface area contributed by atoms with Gasteiger partial charge < -0.3 is 14.0 Å². The zero-order valence-corrected chi connectivity index (χ0v) is 16.7. The number of nitrogens with zero attached hydrogens (tertiary/aromatic N) is 2. The first kappa shape index (κ1) is 19.4. The topological polar surface area (TPSA) is 65.4 Å². The molecule has 2 aliphatic rings. The van der Waals surface area contributed by atoms with Crippen LogP contribution in [0.2, 0.25) is 0 Å². The number of fused-ring (bicyclic) bond motifs is 1. The van der Waals surface area contributed by atoms with Gasteiger partial charge in [-0.05, 0) is 51.2 Å². The summed E-state index contributed by atoms with van der Waals surface area (Å²) in [6, 6.07) is 8.51. The smallest absolute Gasteiger partial charge is 0.255 e. The number of hydrogen-bond acceptors (Lipinski definition) is 4. The van der Waals surface area contributed by atoms with E-state index in [1.54, 1.807) is 6.92 Å². The Morgan fingerprint density at radius 1 is 1.21 bits per heavy atom. The molecule has 2 unspecified atom stereocenters. The standard InChI is InChI=1S/C22H31N3O3/c1-16(28-15-18-11-7-8-14-27-18)21(26)24-22-23-19-12-5-6-13-20(19)25(22)17-9-3-2-4-10-17/h5-6,12-13,16-18H,2-4,7-11,14-15H2,1H3,(H,23,24,26). The van der Waals surface area contributed by atoms with E-state index < -0.39 is 6.10 Å². The maximum Gasteiger partial charge on any atom is 0.255 e. The van der Waals surface area contributed by atoms with Gasteiger partial charge in [-0.1, -0.05) is 31.4 Å². The summed E-state index contributed by atoms with van der Waals surface area (Å²) >= 11 is 0. The third kappa shape index (κ3) is 4.39. The largest absolute Gasteiger partial charge is 0.376 e. The minimum atomic E-state index is -0.537. The predicted octanol–water partition coefficient (Wildman–Crippen LogP) is 4.45. The number of hydrogen-bond donors (Lipinski definition) is 1. The molecule has 6 nitrogen and oxygen atoms in total. The average molecular weight is 386 g/mol. The van der Waals surface area contributed by atoms with Crippen molar-refractivity contribution in [1.29, 1.82) is 0 Å². The van der Waals surface area contributed by atoms with Crippen molar-refractivity contribution in [3.8, 4) is 0 Å². The van der Waals surface area contributed by atoms with Crippen LogP contribution in [0, 0.1) is 0 Å². The number of carbonyl (C=O) groups is 1. The van der Waals surface area contributed by atoms with Crippen molar-refractivity contribution in [2.75, 3.05) is 18.5 Å². The number of amides is 1. The van der Waals surface area contributed by atoms with Crippen molar-refractivity contribution in [3.63, 3.8) is 0 Å². The van der Waals surface area contributed by atoms with Gasteiger partial charge in [-0.2, -0.15) is 0 Å². The molecule has 2 heterocycles. The molecule has 6 heteroatoms. The van der Waals surface area contributed by atoms with Crippen molar-refractivity contribution in [3.05, 3.63) is 24.3 Å². The molecule has 4 rings (SSSR count). The Labute approximate surface area is 166 Å². The fourth-order valence-electron chi connectivity index (χ4n) is 4.32. The number of benzene rings is 1. The van der Waals surface area contributed by atoms with Crippen LogP contribution in [-0.4, -0.2) is 40.9 Å². The summed E-state index contributed by atoms with van der Waals surface area (Å²) in [4.78, 5) is 17.5. The minimum Gasteiger partial charge on any atom is -0.376 e. The molecule has 1 aliphatic heterocycles. The number of nitrogens with one attached hydrogen (secondary N) is 1. The van der Waals surface area contributed by atoms with Gasteiger partial charge in [-0.25, -0.2) is 4.98 Å². The summed E-state index contributed by atoms with van der Waals surface area (Å²) in [7, 11) is 0. The van der Waals surface area contributed by atoms with Crippen LogP contribution >= 0.6 is 0 Å². The first-order valence-electron chi connectivity index (χ1n) is 10.7. The molecule has 1 N–H and O–H groups in total. The molecule has 2 aromatic rings. The van der Waals surface area contributed by atoms with E-state index in [2.05, 4.69) is 16.0 Å². The molecular weight excluding hydrogens is 354 g/mol. The number of aromatic nitrogens is 2. The van der Waals surface area contributed by atoms with E-state index in [-0.39, 0.29) is 12.0 Å². The summed E-state index contributed by atoms with van der Waals surface area (Å²) in [5.41, 5.74) is 2.02. The van der Waals surface area contributed by atoms with Gasteiger partial charge in [0.2, 0.25) is 5.95 Å². The van der Waals surface area contributed by atoms with Crippen LogP contribution in [0.25, 0.3) is 11.0 Å². The van der Waals surface area contributed by atoms with E-state index in [9.17, 15) is 4.79 Å². The zero-order valence-electron chi connectivity index (χ0n) is 16.7. The van der Waals surface area contributed by atoms with E-state index >= 15 is 0 Å². The zero-order chi connectivity index (χ0) is 19.3. The van der Waals surface area contributed by atoms with Gasteiger partial charge in [0, 0.05) is 12.6 Å². The molecule has 2 fully saturated rings. The molecular formula is C22H31N3O3. The van der Waals surface area contributed by atoms with E-state index in [0.29, 0.717) is 18.6 Å². The molecule has 1 amide bonds. The summed E-state index contributed by atoms with van der Waals surface area (Å²) in [6.45, 7) is 3.05. The van der Waals surface area contributed by atoms with Gasteiger partial charge in [-0.15, -0.1) is 0 Å². The van der Waals surface area contributed by atoms with Crippen LogP contribution in [0.15, 0.2) is 24.3 Å². The fourth-order valence-corrected chi connectivity index (χ4v) is 4.32. The van der Waals surface area contributed by atoms with Gasteiger partial charge in [0.25, 0.3) is 5.91 Å². The molecule has 1 aliphatic carbocycles. The summed E-state index contributed by atoms with van der Waals surface area (Å²) in [5.74, 6) is 0.491. The highest BCUT2D eigenvalue weighted by atomic mass is 16.5. The van der Waals surface area contributed by atoms with Crippen molar-refractivity contribution < 1.29 is 14.3 Å². The number of imidazole rings is 1. The number of ether oxygens (including phenoxy) is 2. The number of rotatable bonds is 6. The Morgan fingerprint density at radius 2 is 2.00 bits per heavy atom. The minimum absolute atomic E-state index is 0.107. The molecule has 1 aromatic carbocycles. The van der Waals surface area contributed by atoms with Crippen molar-refractivity contribution in [1.82, 2.24) is 9.55 Å². The summed E-state index contributed by atoms with van der Waals surface area (Å²) in [5, 5.41) is 3.03. The molecule has 2 atom stereocenters. The SMILES string of the molecule is CC(OCC1CCCCO1)C(=O)Nc1nc2ccccc2n1C1CCCCC1. The highest BCUT2D eigenvalue weighted by Crippen LogP contribution is 2.34. The van der Waals surface area contributed by atoms with Gasteiger partial charge in [0.1, 0.15) is 6.10 Å². The van der Waals surface area contributed by atoms with Crippen LogP contribution in [-0.2, 0) is 14.3 Å². The Kier molecular flexibility index (Phi) is 6.27. The van der Waals surface area contributed by atoms with Crippen LogP contribution in [0.1, 0.15) is 64.3 Å². The highest BCUT2D eigenvalue weighted by molar-refractivity contribution is 5.94. The molecule has 0 bridgehead atoms. The Bertz CT molecular complexity index is 791. The van der Waals surface area contributed by atoms with Crippen LogP contribution in [0.3, 0.4) is 0 Å². The number of para-hydroxylation sites is 2. The quantitative estimate of drug-likeness (QED) is 0.798. The lowest BCUT2D eigenvalue weighted by molar-refractivity contribution is -0.130. The summed E-state index contributed by atoms with van der Waals surface area (Å²) < 4.78 is 13.7. The summed E-state index contributed by atoms with van der Waals surface area (Å²) in [6.07, 6.45) is 8.87. The van der Waals surface area contributed by atoms with Crippen LogP contribution < -0.4 is 5.32 Å². The average Bonchev–Trinajstić information content (AvgIpc) is 3.11. The van der Waals surface area contributed by atoms with E-state index in [1.807, 2.05) is 18.2 Å². The fraction of sp³-hybridized carbons (Fsp3) is 0.636. The maximum atomic E-state index is 12.8. The normalized spacial score (nSPS) is 22.2.